The van der Waals surface area contributed by atoms with Gasteiger partial charge in [-0.15, -0.1) is 59.7 Å². The SMILES string of the molecule is Cc1ccnc(-c2[c-]c(Oc3[c-]c4c(cc3)c3ccc(Oc5[c-]c(-c6cc(C)ccn6)ccc5CC(C)C)[c-]c3n4-c3ncccn3)c(CC(C)C)cc2)c1.[Pt+2].[Pt+2]. The van der Waals surface area contributed by atoms with Gasteiger partial charge in [0, 0.05) is 47.8 Å². The zero-order valence-electron chi connectivity index (χ0n) is 32.6. The molecule has 4 heterocycles. The van der Waals surface area contributed by atoms with Gasteiger partial charge in [0.1, 0.15) is 0 Å². The smallest absolute Gasteiger partial charge is 0.503 e. The van der Waals surface area contributed by atoms with Gasteiger partial charge in [-0.1, -0.05) is 110 Å². The number of aromatic nitrogens is 5. The second kappa shape index (κ2) is 18.1. The number of hydrogen-bond acceptors (Lipinski definition) is 6. The third-order valence-corrected chi connectivity index (χ3v) is 9.33. The number of nitrogens with zero attached hydrogens (tertiary/aromatic N) is 5. The fourth-order valence-corrected chi connectivity index (χ4v) is 6.83. The minimum atomic E-state index is 0. The van der Waals surface area contributed by atoms with E-state index in [2.05, 4.69) is 134 Å². The van der Waals surface area contributed by atoms with Gasteiger partial charge < -0.3 is 24.0 Å². The average molecular weight is 1110 g/mol. The van der Waals surface area contributed by atoms with Crippen LogP contribution in [-0.4, -0.2) is 24.5 Å². The largest absolute Gasteiger partial charge is 2.00 e. The van der Waals surface area contributed by atoms with Crippen LogP contribution in [0.25, 0.3) is 50.3 Å². The number of fused-ring (bicyclic) bond motifs is 3. The molecule has 0 fully saturated rings. The maximum atomic E-state index is 6.66. The van der Waals surface area contributed by atoms with Crippen molar-refractivity contribution in [1.29, 1.82) is 0 Å². The van der Waals surface area contributed by atoms with E-state index in [4.69, 9.17) is 9.47 Å². The Morgan fingerprint density at radius 2 is 1.00 bits per heavy atom. The van der Waals surface area contributed by atoms with Crippen LogP contribution >= 0.6 is 0 Å². The van der Waals surface area contributed by atoms with Crippen molar-refractivity contribution in [3.63, 3.8) is 0 Å². The quantitative estimate of drug-likeness (QED) is 0.120. The maximum Gasteiger partial charge on any atom is 2.00 e. The summed E-state index contributed by atoms with van der Waals surface area (Å²) in [4.78, 5) is 18.5. The van der Waals surface area contributed by atoms with Crippen molar-refractivity contribution in [2.45, 2.75) is 54.4 Å². The molecule has 0 aliphatic carbocycles. The molecular weight excluding hydrogens is 1070 g/mol. The normalized spacial score (nSPS) is 11.2. The molecule has 8 aromatic rings. The van der Waals surface area contributed by atoms with Crippen LogP contribution in [0.4, 0.5) is 0 Å². The van der Waals surface area contributed by atoms with Crippen LogP contribution in [0.1, 0.15) is 49.9 Å². The molecule has 0 spiro atoms. The molecule has 4 aromatic carbocycles. The van der Waals surface area contributed by atoms with Crippen molar-refractivity contribution in [1.82, 2.24) is 24.5 Å². The summed E-state index contributed by atoms with van der Waals surface area (Å²) in [7, 11) is 0. The molecule has 0 aliphatic heterocycles. The molecule has 57 heavy (non-hydrogen) atoms. The Kier molecular flexibility index (Phi) is 13.2. The van der Waals surface area contributed by atoms with E-state index in [1.807, 2.05) is 41.2 Å². The molecule has 0 saturated heterocycles. The first kappa shape index (κ1) is 41.7. The van der Waals surface area contributed by atoms with Crippen molar-refractivity contribution < 1.29 is 51.6 Å². The Morgan fingerprint density at radius 1 is 0.544 bits per heavy atom. The van der Waals surface area contributed by atoms with E-state index in [1.54, 1.807) is 18.5 Å². The van der Waals surface area contributed by atoms with Crippen molar-refractivity contribution in [3.05, 3.63) is 150 Å². The van der Waals surface area contributed by atoms with Gasteiger partial charge in [-0.25, -0.2) is 9.97 Å². The Bertz CT molecular complexity index is 2500. The minimum Gasteiger partial charge on any atom is -0.503 e. The van der Waals surface area contributed by atoms with Crippen LogP contribution in [0, 0.1) is 49.9 Å². The third kappa shape index (κ3) is 9.27. The molecule has 8 rings (SSSR count). The molecule has 0 unspecified atom stereocenters. The van der Waals surface area contributed by atoms with Gasteiger partial charge in [-0.2, -0.15) is 22.9 Å². The zero-order chi connectivity index (χ0) is 38.1. The standard InChI is InChI=1S/C48H41N5O2.2Pt/c1-30(2)22-36-10-8-34(42-24-32(5)16-20-49-42)26-46(36)54-38-12-14-40-41-15-13-39(29-45(41)53(44(40)28-38)48-51-18-7-19-52-48)55-47-27-35(9-11-37(47)23-31(3)4)43-25-33(6)17-21-50-43;;/h7-21,24-25,30-31H,22-23H2,1-6H3;;/q-4;2*+2. The average Bonchev–Trinajstić information content (AvgIpc) is 3.49. The summed E-state index contributed by atoms with van der Waals surface area (Å²) in [5.74, 6) is 3.75. The van der Waals surface area contributed by atoms with Crippen molar-refractivity contribution >= 4 is 21.8 Å². The molecule has 0 radical (unpaired) electrons. The summed E-state index contributed by atoms with van der Waals surface area (Å²) in [6.07, 6.45) is 8.79. The summed E-state index contributed by atoms with van der Waals surface area (Å²) in [6, 6.07) is 40.5. The Labute approximate surface area is 363 Å². The molecule has 0 N–H and O–H groups in total. The number of hydrogen-bond donors (Lipinski definition) is 0. The summed E-state index contributed by atoms with van der Waals surface area (Å²) in [5.41, 5.74) is 9.36. The molecule has 4 aromatic heterocycles. The van der Waals surface area contributed by atoms with E-state index in [0.29, 0.717) is 40.8 Å². The molecule has 0 atom stereocenters. The Morgan fingerprint density at radius 3 is 1.42 bits per heavy atom. The number of rotatable bonds is 11. The first-order valence-electron chi connectivity index (χ1n) is 18.7. The molecular formula is C48H41N5O2Pt2. The predicted octanol–water partition coefficient (Wildman–Crippen LogP) is 11.5. The van der Waals surface area contributed by atoms with Crippen LogP contribution in [0.3, 0.4) is 0 Å². The molecule has 0 aliphatic rings. The first-order chi connectivity index (χ1) is 26.7. The summed E-state index contributed by atoms with van der Waals surface area (Å²) in [5, 5.41) is 1.92. The minimum absolute atomic E-state index is 0. The third-order valence-electron chi connectivity index (χ3n) is 9.33. The fraction of sp³-hybridized carbons (Fsp3) is 0.208. The second-order valence-corrected chi connectivity index (χ2v) is 14.8. The summed E-state index contributed by atoms with van der Waals surface area (Å²) in [6.45, 7) is 12.9. The predicted molar refractivity (Wildman–Crippen MR) is 218 cm³/mol. The Hall–Kier alpha value is -4.96. The van der Waals surface area contributed by atoms with E-state index in [9.17, 15) is 0 Å². The van der Waals surface area contributed by atoms with Gasteiger partial charge in [0.05, 0.1) is 0 Å². The first-order valence-corrected chi connectivity index (χ1v) is 18.7. The van der Waals surface area contributed by atoms with Crippen LogP contribution in [0.5, 0.6) is 23.0 Å². The van der Waals surface area contributed by atoms with Gasteiger partial charge in [-0.3, -0.25) is 0 Å². The van der Waals surface area contributed by atoms with Crippen LogP contribution in [0.15, 0.2) is 104 Å². The van der Waals surface area contributed by atoms with Crippen molar-refractivity contribution in [3.8, 4) is 51.5 Å². The van der Waals surface area contributed by atoms with E-state index < -0.39 is 0 Å². The molecule has 0 bridgehead atoms. The van der Waals surface area contributed by atoms with Crippen LogP contribution < -0.4 is 9.47 Å². The topological polar surface area (TPSA) is 75.0 Å². The number of ether oxygens (including phenoxy) is 2. The summed E-state index contributed by atoms with van der Waals surface area (Å²) >= 11 is 0. The van der Waals surface area contributed by atoms with Crippen molar-refractivity contribution in [2.75, 3.05) is 0 Å². The fourth-order valence-electron chi connectivity index (χ4n) is 6.83. The van der Waals surface area contributed by atoms with Gasteiger partial charge in [0.2, 0.25) is 5.95 Å². The molecule has 290 valence electrons. The van der Waals surface area contributed by atoms with Gasteiger partial charge in [-0.05, 0) is 43.4 Å². The Balaban J connectivity index is 0.00000275. The van der Waals surface area contributed by atoms with E-state index in [1.165, 1.54) is 0 Å². The van der Waals surface area contributed by atoms with E-state index >= 15 is 0 Å². The monoisotopic (exact) mass is 1110 g/mol. The van der Waals surface area contributed by atoms with Gasteiger partial charge in [0.25, 0.3) is 0 Å². The number of benzene rings is 4. The van der Waals surface area contributed by atoms with Crippen LogP contribution in [-0.2, 0) is 55.0 Å². The summed E-state index contributed by atoms with van der Waals surface area (Å²) < 4.78 is 15.3. The number of aryl methyl sites for hydroxylation is 2. The molecule has 7 nitrogen and oxygen atoms in total. The molecule has 0 saturated carbocycles. The van der Waals surface area contributed by atoms with Gasteiger partial charge >= 0.3 is 42.1 Å². The second-order valence-electron chi connectivity index (χ2n) is 14.8. The maximum absolute atomic E-state index is 6.66. The molecule has 0 amide bonds. The van der Waals surface area contributed by atoms with Crippen molar-refractivity contribution in [2.24, 2.45) is 11.8 Å². The zero-order valence-corrected chi connectivity index (χ0v) is 37.1. The van der Waals surface area contributed by atoms with E-state index in [-0.39, 0.29) is 42.1 Å². The molecule has 9 heteroatoms. The van der Waals surface area contributed by atoms with Gasteiger partial charge in [0.15, 0.2) is 0 Å². The van der Waals surface area contributed by atoms with E-state index in [0.717, 1.165) is 79.4 Å². The van der Waals surface area contributed by atoms with Crippen LogP contribution in [0.2, 0.25) is 0 Å². The number of pyridine rings is 2.